The van der Waals surface area contributed by atoms with Crippen LogP contribution < -0.4 is 10.0 Å². The van der Waals surface area contributed by atoms with Crippen LogP contribution in [0.25, 0.3) is 0 Å². The Kier molecular flexibility index (Phi) is 7.76. The van der Waals surface area contributed by atoms with Crippen molar-refractivity contribution in [3.63, 3.8) is 0 Å². The summed E-state index contributed by atoms with van der Waals surface area (Å²) in [6.07, 6.45) is 2.91. The summed E-state index contributed by atoms with van der Waals surface area (Å²) in [6, 6.07) is 4.27. The number of sulfonamides is 1. The lowest BCUT2D eigenvalue weighted by Crippen LogP contribution is -2.53. The van der Waals surface area contributed by atoms with E-state index in [-0.39, 0.29) is 11.8 Å². The van der Waals surface area contributed by atoms with Gasteiger partial charge in [-0.15, -0.1) is 0 Å². The van der Waals surface area contributed by atoms with Gasteiger partial charge in [-0.1, -0.05) is 26.0 Å². The van der Waals surface area contributed by atoms with Crippen LogP contribution in [0.2, 0.25) is 0 Å². The third-order valence-electron chi connectivity index (χ3n) is 5.07. The fraction of sp³-hybridized carbons (Fsp3) is 0.632. The molecule has 1 aromatic rings. The van der Waals surface area contributed by atoms with Crippen LogP contribution in [0.15, 0.2) is 29.2 Å². The molecule has 1 aliphatic rings. The molecule has 1 aliphatic heterocycles. The maximum absolute atomic E-state index is 13.9. The Hall–Kier alpha value is -1.51. The number of nitrogens with one attached hydrogen (secondary N) is 2. The van der Waals surface area contributed by atoms with Crippen LogP contribution in [0.3, 0.4) is 0 Å². The zero-order chi connectivity index (χ0) is 20.0. The first-order valence-corrected chi connectivity index (χ1v) is 10.9. The molecule has 0 spiro atoms. The summed E-state index contributed by atoms with van der Waals surface area (Å²) in [5.41, 5.74) is 0. The minimum Gasteiger partial charge on any atom is -0.341 e. The normalized spacial score (nSPS) is 17.3. The van der Waals surface area contributed by atoms with Gasteiger partial charge in [0.05, 0.1) is 0 Å². The molecule has 2 N–H and O–H groups in total. The third-order valence-corrected chi connectivity index (χ3v) is 6.54. The number of nitrogens with zero attached hydrogens (tertiary/aromatic N) is 1. The zero-order valence-corrected chi connectivity index (χ0v) is 17.1. The van der Waals surface area contributed by atoms with E-state index in [0.717, 1.165) is 31.9 Å². The molecule has 1 heterocycles. The maximum atomic E-state index is 13.9. The zero-order valence-electron chi connectivity index (χ0n) is 16.2. The molecular formula is C19H30FN3O3S. The molecule has 1 unspecified atom stereocenters. The van der Waals surface area contributed by atoms with Gasteiger partial charge in [-0.05, 0) is 56.8 Å². The van der Waals surface area contributed by atoms with E-state index in [1.54, 1.807) is 18.7 Å². The van der Waals surface area contributed by atoms with Crippen LogP contribution in [-0.4, -0.2) is 51.9 Å². The lowest BCUT2D eigenvalue weighted by Gasteiger charge is -2.35. The van der Waals surface area contributed by atoms with Crippen LogP contribution >= 0.6 is 0 Å². The van der Waals surface area contributed by atoms with Gasteiger partial charge in [0.2, 0.25) is 15.9 Å². The van der Waals surface area contributed by atoms with Crippen LogP contribution in [0, 0.1) is 17.7 Å². The largest absolute Gasteiger partial charge is 0.341 e. The van der Waals surface area contributed by atoms with Gasteiger partial charge in [0.25, 0.3) is 0 Å². The molecule has 27 heavy (non-hydrogen) atoms. The van der Waals surface area contributed by atoms with Gasteiger partial charge in [-0.25, -0.2) is 12.8 Å². The summed E-state index contributed by atoms with van der Waals surface area (Å²) in [5, 5.41) is 3.14. The lowest BCUT2D eigenvalue weighted by atomic mass is 9.92. The molecule has 2 rings (SSSR count). The van der Waals surface area contributed by atoms with E-state index in [1.165, 1.54) is 18.2 Å². The van der Waals surface area contributed by atoms with Crippen LogP contribution in [-0.2, 0) is 14.8 Å². The first-order valence-electron chi connectivity index (χ1n) is 9.46. The van der Waals surface area contributed by atoms with Crippen LogP contribution in [0.4, 0.5) is 4.39 Å². The summed E-state index contributed by atoms with van der Waals surface area (Å²) in [7, 11) is -2.20. The number of carbonyl (C=O) groups excluding carboxylic acids is 1. The molecular weight excluding hydrogens is 369 g/mol. The average molecular weight is 400 g/mol. The van der Waals surface area contributed by atoms with Crippen molar-refractivity contribution in [1.29, 1.82) is 0 Å². The predicted molar refractivity (Wildman–Crippen MR) is 103 cm³/mol. The summed E-state index contributed by atoms with van der Waals surface area (Å²) < 4.78 is 41.5. The highest BCUT2D eigenvalue weighted by Crippen LogP contribution is 2.22. The second-order valence-corrected chi connectivity index (χ2v) is 9.12. The Morgan fingerprint density at radius 2 is 1.89 bits per heavy atom. The predicted octanol–water partition coefficient (Wildman–Crippen LogP) is 1.98. The van der Waals surface area contributed by atoms with E-state index in [1.807, 2.05) is 7.05 Å². The molecule has 0 aromatic heterocycles. The Morgan fingerprint density at radius 3 is 2.44 bits per heavy atom. The second kappa shape index (κ2) is 9.61. The number of likely N-dealkylation sites (tertiary alicyclic amines) is 1. The summed E-state index contributed by atoms with van der Waals surface area (Å²) in [6.45, 7) is 5.77. The fourth-order valence-electron chi connectivity index (χ4n) is 3.35. The first-order chi connectivity index (χ1) is 12.8. The van der Waals surface area contributed by atoms with Crippen LogP contribution in [0.5, 0.6) is 0 Å². The van der Waals surface area contributed by atoms with Crippen molar-refractivity contribution in [2.75, 3.05) is 26.7 Å². The van der Waals surface area contributed by atoms with Gasteiger partial charge < -0.3 is 10.2 Å². The molecule has 0 radical (unpaired) electrons. The summed E-state index contributed by atoms with van der Waals surface area (Å²) in [5.74, 6) is -0.738. The summed E-state index contributed by atoms with van der Waals surface area (Å²) >= 11 is 0. The van der Waals surface area contributed by atoms with E-state index >= 15 is 0 Å². The molecule has 1 aromatic carbocycles. The van der Waals surface area contributed by atoms with Crippen molar-refractivity contribution >= 4 is 15.9 Å². The number of carbonyl (C=O) groups is 1. The molecule has 1 saturated heterocycles. The van der Waals surface area contributed by atoms with Crippen molar-refractivity contribution < 1.29 is 17.6 Å². The minimum absolute atomic E-state index is 0.239. The van der Waals surface area contributed by atoms with Crippen molar-refractivity contribution in [1.82, 2.24) is 14.9 Å². The summed E-state index contributed by atoms with van der Waals surface area (Å²) in [4.78, 5) is 14.2. The highest BCUT2D eigenvalue weighted by molar-refractivity contribution is 7.89. The van der Waals surface area contributed by atoms with Gasteiger partial charge in [0.15, 0.2) is 0 Å². The van der Waals surface area contributed by atoms with Crippen molar-refractivity contribution in [3.8, 4) is 0 Å². The van der Waals surface area contributed by atoms with E-state index in [4.69, 9.17) is 0 Å². The SMILES string of the molecule is CNCCC1CCN(C(=O)C(NS(=O)(=O)c2ccccc2F)C(C)C)CC1. The number of halogens is 1. The van der Waals surface area contributed by atoms with Gasteiger partial charge in [-0.2, -0.15) is 4.72 Å². The fourth-order valence-corrected chi connectivity index (χ4v) is 4.77. The maximum Gasteiger partial charge on any atom is 0.244 e. The number of hydrogen-bond donors (Lipinski definition) is 2. The minimum atomic E-state index is -4.12. The number of hydrogen-bond acceptors (Lipinski definition) is 4. The number of rotatable bonds is 8. The molecule has 0 aliphatic carbocycles. The van der Waals surface area contributed by atoms with E-state index in [9.17, 15) is 17.6 Å². The molecule has 0 saturated carbocycles. The molecule has 0 bridgehead atoms. The standard InChI is InChI=1S/C19H30FN3O3S/c1-14(2)18(22-27(25,26)17-7-5-4-6-16(17)20)19(24)23-12-9-15(10-13-23)8-11-21-3/h4-7,14-15,18,21-22H,8-13H2,1-3H3. The Bertz CT molecular complexity index is 731. The highest BCUT2D eigenvalue weighted by atomic mass is 32.2. The smallest absolute Gasteiger partial charge is 0.244 e. The molecule has 8 heteroatoms. The molecule has 152 valence electrons. The Balaban J connectivity index is 2.07. The van der Waals surface area contributed by atoms with Gasteiger partial charge >= 0.3 is 0 Å². The Morgan fingerprint density at radius 1 is 1.26 bits per heavy atom. The molecule has 1 atom stereocenters. The topological polar surface area (TPSA) is 78.5 Å². The average Bonchev–Trinajstić information content (AvgIpc) is 2.64. The molecule has 1 fully saturated rings. The first kappa shape index (κ1) is 21.8. The van der Waals surface area contributed by atoms with Gasteiger partial charge in [0, 0.05) is 13.1 Å². The number of piperidine rings is 1. The van der Waals surface area contributed by atoms with Crippen LogP contribution in [0.1, 0.15) is 33.1 Å². The van der Waals surface area contributed by atoms with E-state index in [0.29, 0.717) is 19.0 Å². The highest BCUT2D eigenvalue weighted by Gasteiger charge is 2.34. The third kappa shape index (κ3) is 5.73. The van der Waals surface area contributed by atoms with E-state index in [2.05, 4.69) is 10.0 Å². The Labute approximate surface area is 161 Å². The molecule has 6 nitrogen and oxygen atoms in total. The second-order valence-electron chi connectivity index (χ2n) is 7.43. The quantitative estimate of drug-likeness (QED) is 0.701. The van der Waals surface area contributed by atoms with Gasteiger partial charge in [-0.3, -0.25) is 4.79 Å². The van der Waals surface area contributed by atoms with Gasteiger partial charge in [0.1, 0.15) is 16.8 Å². The number of amides is 1. The number of benzene rings is 1. The van der Waals surface area contributed by atoms with E-state index < -0.39 is 26.8 Å². The van der Waals surface area contributed by atoms with Crippen molar-refractivity contribution in [2.24, 2.45) is 11.8 Å². The monoisotopic (exact) mass is 399 g/mol. The molecule has 1 amide bonds. The van der Waals surface area contributed by atoms with Crippen molar-refractivity contribution in [3.05, 3.63) is 30.1 Å². The van der Waals surface area contributed by atoms with Crippen molar-refractivity contribution in [2.45, 2.75) is 44.0 Å². The lowest BCUT2D eigenvalue weighted by molar-refractivity contribution is -0.135.